The molecule has 0 spiro atoms. The van der Waals surface area contributed by atoms with Crippen LogP contribution in [0.5, 0.6) is 0 Å². The lowest BCUT2D eigenvalue weighted by atomic mass is 9.94. The van der Waals surface area contributed by atoms with Crippen LogP contribution in [0, 0.1) is 0 Å². The summed E-state index contributed by atoms with van der Waals surface area (Å²) in [6.07, 6.45) is 0. The summed E-state index contributed by atoms with van der Waals surface area (Å²) < 4.78 is 2.45. The molecule has 0 amide bonds. The van der Waals surface area contributed by atoms with Crippen LogP contribution in [0.4, 0.5) is 17.1 Å². The Labute approximate surface area is 360 Å². The molecule has 1 aromatic heterocycles. The Morgan fingerprint density at radius 1 is 0.290 bits per heavy atom. The lowest BCUT2D eigenvalue weighted by Crippen LogP contribution is -2.10. The summed E-state index contributed by atoms with van der Waals surface area (Å²) in [5.41, 5.74) is 14.0. The van der Waals surface area contributed by atoms with Gasteiger partial charge >= 0.3 is 0 Å². The van der Waals surface area contributed by atoms with Crippen LogP contribution in [-0.2, 0) is 0 Å². The van der Waals surface area contributed by atoms with E-state index in [1.54, 1.807) is 0 Å². The minimum Gasteiger partial charge on any atom is -0.310 e. The molecule has 290 valence electrons. The van der Waals surface area contributed by atoms with E-state index in [1.807, 2.05) is 0 Å². The molecule has 12 rings (SSSR count). The van der Waals surface area contributed by atoms with Gasteiger partial charge in [0.2, 0.25) is 0 Å². The van der Waals surface area contributed by atoms with Gasteiger partial charge in [-0.25, -0.2) is 0 Å². The monoisotopic (exact) mass is 788 g/mol. The van der Waals surface area contributed by atoms with Crippen LogP contribution in [0.3, 0.4) is 0 Å². The van der Waals surface area contributed by atoms with Gasteiger partial charge < -0.3 is 9.47 Å². The molecule has 0 N–H and O–H groups in total. The lowest BCUT2D eigenvalue weighted by molar-refractivity contribution is 1.18. The number of anilines is 3. The predicted molar refractivity (Wildman–Crippen MR) is 264 cm³/mol. The largest absolute Gasteiger partial charge is 0.310 e. The number of para-hydroxylation sites is 2. The Balaban J connectivity index is 1.07. The van der Waals surface area contributed by atoms with Gasteiger partial charge in [0, 0.05) is 39.1 Å². The Morgan fingerprint density at radius 2 is 0.855 bits per heavy atom. The molecule has 0 unspecified atom stereocenters. The van der Waals surface area contributed by atoms with Gasteiger partial charge in [-0.05, 0) is 115 Å². The molecular formula is C60H40N2. The van der Waals surface area contributed by atoms with Crippen molar-refractivity contribution in [3.63, 3.8) is 0 Å². The van der Waals surface area contributed by atoms with Gasteiger partial charge in [-0.2, -0.15) is 0 Å². The molecule has 0 bridgehead atoms. The quantitative estimate of drug-likeness (QED) is 0.146. The highest BCUT2D eigenvalue weighted by Gasteiger charge is 2.22. The van der Waals surface area contributed by atoms with Crippen molar-refractivity contribution in [2.24, 2.45) is 0 Å². The maximum atomic E-state index is 2.45. The molecule has 12 aromatic rings. The fourth-order valence-electron chi connectivity index (χ4n) is 9.70. The van der Waals surface area contributed by atoms with E-state index < -0.39 is 0 Å². The maximum absolute atomic E-state index is 2.45. The van der Waals surface area contributed by atoms with Crippen molar-refractivity contribution < 1.29 is 0 Å². The first-order chi connectivity index (χ1) is 30.8. The molecule has 0 aliphatic heterocycles. The number of fused-ring (bicyclic) bond motifs is 7. The van der Waals surface area contributed by atoms with Crippen molar-refractivity contribution in [3.8, 4) is 39.1 Å². The zero-order valence-corrected chi connectivity index (χ0v) is 34.0. The minimum atomic E-state index is 1.09. The number of hydrogen-bond acceptors (Lipinski definition) is 1. The van der Waals surface area contributed by atoms with Crippen LogP contribution in [0.1, 0.15) is 0 Å². The SMILES string of the molecule is c1ccc(-c2ccc(-c3cccc(N(c4ccc(-c5cccc6ccccc56)cc4)c4ccc5c(ccc6ccccc65)c4)c3)c3c4ccccc4n(-c4ccccc4)c23)cc1. The van der Waals surface area contributed by atoms with Crippen molar-refractivity contribution in [2.45, 2.75) is 0 Å². The highest BCUT2D eigenvalue weighted by Crippen LogP contribution is 2.45. The summed E-state index contributed by atoms with van der Waals surface area (Å²) in [4.78, 5) is 2.41. The maximum Gasteiger partial charge on any atom is 0.0625 e. The highest BCUT2D eigenvalue weighted by atomic mass is 15.1. The van der Waals surface area contributed by atoms with E-state index >= 15 is 0 Å². The average molecular weight is 789 g/mol. The van der Waals surface area contributed by atoms with E-state index in [0.29, 0.717) is 0 Å². The number of rotatable bonds is 7. The third-order valence-corrected chi connectivity index (χ3v) is 12.5. The summed E-state index contributed by atoms with van der Waals surface area (Å²) in [7, 11) is 0. The topological polar surface area (TPSA) is 8.17 Å². The first kappa shape index (κ1) is 35.7. The van der Waals surface area contributed by atoms with Crippen molar-refractivity contribution in [1.29, 1.82) is 0 Å². The zero-order valence-electron chi connectivity index (χ0n) is 34.0. The summed E-state index contributed by atoms with van der Waals surface area (Å²) in [6, 6.07) is 88.5. The molecule has 62 heavy (non-hydrogen) atoms. The number of nitrogens with zero attached hydrogens (tertiary/aromatic N) is 2. The van der Waals surface area contributed by atoms with E-state index in [0.717, 1.165) is 28.3 Å². The van der Waals surface area contributed by atoms with Crippen LogP contribution in [0.15, 0.2) is 243 Å². The molecule has 1 heterocycles. The van der Waals surface area contributed by atoms with Gasteiger partial charge in [0.15, 0.2) is 0 Å². The third-order valence-electron chi connectivity index (χ3n) is 12.5. The normalized spacial score (nSPS) is 11.5. The minimum absolute atomic E-state index is 1.09. The molecule has 0 saturated heterocycles. The Morgan fingerprint density at radius 3 is 1.68 bits per heavy atom. The predicted octanol–water partition coefficient (Wildman–Crippen LogP) is 16.7. The smallest absolute Gasteiger partial charge is 0.0625 e. The number of hydrogen-bond donors (Lipinski definition) is 0. The Kier molecular flexibility index (Phi) is 8.53. The van der Waals surface area contributed by atoms with E-state index in [9.17, 15) is 0 Å². The van der Waals surface area contributed by atoms with E-state index in [2.05, 4.69) is 252 Å². The second-order valence-electron chi connectivity index (χ2n) is 16.1. The van der Waals surface area contributed by atoms with Gasteiger partial charge in [-0.3, -0.25) is 0 Å². The molecule has 0 fully saturated rings. The van der Waals surface area contributed by atoms with E-state index in [1.165, 1.54) is 81.9 Å². The molecule has 0 saturated carbocycles. The molecule has 0 aliphatic rings. The Hall–Kier alpha value is -8.20. The van der Waals surface area contributed by atoms with Crippen LogP contribution in [0.2, 0.25) is 0 Å². The molecule has 0 atom stereocenters. The summed E-state index contributed by atoms with van der Waals surface area (Å²) >= 11 is 0. The summed E-state index contributed by atoms with van der Waals surface area (Å²) in [5, 5.41) is 9.95. The summed E-state index contributed by atoms with van der Waals surface area (Å²) in [5.74, 6) is 0. The average Bonchev–Trinajstić information content (AvgIpc) is 3.70. The lowest BCUT2D eigenvalue weighted by Gasteiger charge is -2.27. The van der Waals surface area contributed by atoms with Gasteiger partial charge in [0.05, 0.1) is 11.0 Å². The molecular weight excluding hydrogens is 749 g/mol. The molecule has 11 aromatic carbocycles. The van der Waals surface area contributed by atoms with E-state index in [-0.39, 0.29) is 0 Å². The highest BCUT2D eigenvalue weighted by molar-refractivity contribution is 6.20. The molecule has 2 heteroatoms. The van der Waals surface area contributed by atoms with Crippen molar-refractivity contribution in [3.05, 3.63) is 243 Å². The molecule has 2 nitrogen and oxygen atoms in total. The molecule has 0 aliphatic carbocycles. The first-order valence-electron chi connectivity index (χ1n) is 21.3. The first-order valence-corrected chi connectivity index (χ1v) is 21.3. The van der Waals surface area contributed by atoms with Gasteiger partial charge in [-0.1, -0.05) is 188 Å². The van der Waals surface area contributed by atoms with Gasteiger partial charge in [-0.15, -0.1) is 0 Å². The van der Waals surface area contributed by atoms with Crippen molar-refractivity contribution in [2.75, 3.05) is 4.90 Å². The number of benzene rings is 11. The van der Waals surface area contributed by atoms with E-state index in [4.69, 9.17) is 0 Å². The second-order valence-corrected chi connectivity index (χ2v) is 16.1. The van der Waals surface area contributed by atoms with Crippen molar-refractivity contribution >= 4 is 71.2 Å². The zero-order chi connectivity index (χ0) is 41.0. The van der Waals surface area contributed by atoms with Crippen LogP contribution >= 0.6 is 0 Å². The molecule has 0 radical (unpaired) electrons. The standard InChI is InChI=1S/C60H40N2/c1-3-15-42(16-4-1)56-38-37-55(59-57-26-11-12-28-58(57)62(60(56)59)47-21-5-2-6-22-47)45-20-13-23-49(39-45)61(50-35-36-54-46(40-50)30-29-43-18-8-10-25-52(43)54)48-33-31-44(32-34-48)53-27-14-19-41-17-7-9-24-51(41)53/h1-40H. The second kappa shape index (κ2) is 14.8. The fourth-order valence-corrected chi connectivity index (χ4v) is 9.70. The fraction of sp³-hybridized carbons (Fsp3) is 0. The number of aromatic nitrogens is 1. The van der Waals surface area contributed by atoms with Gasteiger partial charge in [0.25, 0.3) is 0 Å². The van der Waals surface area contributed by atoms with Crippen LogP contribution < -0.4 is 4.90 Å². The van der Waals surface area contributed by atoms with Crippen LogP contribution in [-0.4, -0.2) is 4.57 Å². The third kappa shape index (κ3) is 5.96. The summed E-state index contributed by atoms with van der Waals surface area (Å²) in [6.45, 7) is 0. The van der Waals surface area contributed by atoms with Crippen LogP contribution in [0.25, 0.3) is 93.2 Å². The Bertz CT molecular complexity index is 3620. The van der Waals surface area contributed by atoms with Crippen molar-refractivity contribution in [1.82, 2.24) is 4.57 Å². The van der Waals surface area contributed by atoms with Gasteiger partial charge in [0.1, 0.15) is 0 Å².